The van der Waals surface area contributed by atoms with Crippen molar-refractivity contribution in [3.05, 3.63) is 28.8 Å². The normalized spacial score (nSPS) is 15.4. The summed E-state index contributed by atoms with van der Waals surface area (Å²) < 4.78 is 27.7. The van der Waals surface area contributed by atoms with Crippen molar-refractivity contribution >= 4 is 10.0 Å². The molecule has 1 aromatic carbocycles. The van der Waals surface area contributed by atoms with Crippen LogP contribution >= 0.6 is 0 Å². The fourth-order valence-corrected chi connectivity index (χ4v) is 3.80. The molecule has 0 spiro atoms. The summed E-state index contributed by atoms with van der Waals surface area (Å²) in [7, 11) is -3.40. The van der Waals surface area contributed by atoms with Gasteiger partial charge in [0.15, 0.2) is 0 Å². The molecule has 2 N–H and O–H groups in total. The van der Waals surface area contributed by atoms with Crippen LogP contribution in [0.1, 0.15) is 42.9 Å². The smallest absolute Gasteiger partial charge is 0.240 e. The molecule has 0 heterocycles. The van der Waals surface area contributed by atoms with Crippen LogP contribution in [0.15, 0.2) is 17.0 Å². The predicted octanol–water partition coefficient (Wildman–Crippen LogP) is 2.49. The number of hydrogen-bond donors (Lipinski definition) is 2. The van der Waals surface area contributed by atoms with E-state index in [1.807, 2.05) is 13.8 Å². The van der Waals surface area contributed by atoms with Gasteiger partial charge in [0.25, 0.3) is 0 Å². The molecule has 21 heavy (non-hydrogen) atoms. The molecule has 0 aromatic heterocycles. The van der Waals surface area contributed by atoms with Gasteiger partial charge >= 0.3 is 0 Å². The Morgan fingerprint density at radius 1 is 1.24 bits per heavy atom. The van der Waals surface area contributed by atoms with E-state index in [4.69, 9.17) is 0 Å². The van der Waals surface area contributed by atoms with Crippen molar-refractivity contribution in [1.29, 1.82) is 0 Å². The van der Waals surface area contributed by atoms with Gasteiger partial charge in [0.05, 0.1) is 4.90 Å². The van der Waals surface area contributed by atoms with Gasteiger partial charge in [0.1, 0.15) is 0 Å². The van der Waals surface area contributed by atoms with Crippen molar-refractivity contribution in [2.24, 2.45) is 5.92 Å². The van der Waals surface area contributed by atoms with E-state index in [-0.39, 0.29) is 0 Å². The number of nitrogens with one attached hydrogen (secondary N) is 2. The Morgan fingerprint density at radius 3 is 2.57 bits per heavy atom. The van der Waals surface area contributed by atoms with Crippen LogP contribution in [0, 0.1) is 19.8 Å². The van der Waals surface area contributed by atoms with Crippen LogP contribution in [-0.2, 0) is 16.6 Å². The maximum atomic E-state index is 12.5. The second-order valence-corrected chi connectivity index (χ2v) is 7.74. The van der Waals surface area contributed by atoms with Crippen molar-refractivity contribution in [1.82, 2.24) is 10.0 Å². The third kappa shape index (κ3) is 4.53. The van der Waals surface area contributed by atoms with E-state index in [1.165, 1.54) is 0 Å². The Balaban J connectivity index is 2.19. The summed E-state index contributed by atoms with van der Waals surface area (Å²) in [6, 6.07) is 3.87. The SMILES string of the molecule is CCCNCc1cc(C)c(C)c(S(=O)(=O)NCC2CC2)c1. The standard InChI is InChI=1S/C16H26N2O2S/c1-4-7-17-10-15-8-12(2)13(3)16(9-15)21(19,20)18-11-14-5-6-14/h8-9,14,17-18H,4-7,10-11H2,1-3H3. The van der Waals surface area contributed by atoms with Crippen LogP contribution in [0.3, 0.4) is 0 Å². The third-order valence-electron chi connectivity index (χ3n) is 3.98. The van der Waals surface area contributed by atoms with Gasteiger partial charge in [0.2, 0.25) is 10.0 Å². The number of hydrogen-bond acceptors (Lipinski definition) is 3. The van der Waals surface area contributed by atoms with Crippen molar-refractivity contribution in [3.8, 4) is 0 Å². The highest BCUT2D eigenvalue weighted by molar-refractivity contribution is 7.89. The fourth-order valence-electron chi connectivity index (χ4n) is 2.32. The first kappa shape index (κ1) is 16.5. The Kier molecular flexibility index (Phi) is 5.41. The molecule has 0 unspecified atom stereocenters. The Labute approximate surface area is 128 Å². The molecule has 1 saturated carbocycles. The predicted molar refractivity (Wildman–Crippen MR) is 85.8 cm³/mol. The molecule has 0 amide bonds. The zero-order chi connectivity index (χ0) is 15.5. The molecule has 2 rings (SSSR count). The molecule has 0 atom stereocenters. The highest BCUT2D eigenvalue weighted by Gasteiger charge is 2.25. The first-order valence-electron chi connectivity index (χ1n) is 7.74. The lowest BCUT2D eigenvalue weighted by molar-refractivity contribution is 0.576. The summed E-state index contributed by atoms with van der Waals surface area (Å²) in [5.74, 6) is 0.538. The van der Waals surface area contributed by atoms with Crippen molar-refractivity contribution in [2.45, 2.75) is 51.5 Å². The average Bonchev–Trinajstić information content (AvgIpc) is 3.24. The van der Waals surface area contributed by atoms with Crippen LogP contribution in [0.2, 0.25) is 0 Å². The zero-order valence-corrected chi connectivity index (χ0v) is 14.0. The van der Waals surface area contributed by atoms with Gasteiger partial charge in [-0.3, -0.25) is 0 Å². The monoisotopic (exact) mass is 310 g/mol. The van der Waals surface area contributed by atoms with Gasteiger partial charge in [-0.2, -0.15) is 0 Å². The minimum Gasteiger partial charge on any atom is -0.313 e. The fraction of sp³-hybridized carbons (Fsp3) is 0.625. The lowest BCUT2D eigenvalue weighted by atomic mass is 10.1. The second kappa shape index (κ2) is 6.90. The summed E-state index contributed by atoms with van der Waals surface area (Å²) >= 11 is 0. The minimum absolute atomic E-state index is 0.427. The Hall–Kier alpha value is -0.910. The maximum absolute atomic E-state index is 12.5. The van der Waals surface area contributed by atoms with E-state index >= 15 is 0 Å². The molecule has 1 aliphatic rings. The van der Waals surface area contributed by atoms with E-state index in [1.54, 1.807) is 6.07 Å². The molecule has 0 radical (unpaired) electrons. The lowest BCUT2D eigenvalue weighted by Crippen LogP contribution is -2.27. The van der Waals surface area contributed by atoms with Crippen LogP contribution in [0.5, 0.6) is 0 Å². The highest BCUT2D eigenvalue weighted by atomic mass is 32.2. The van der Waals surface area contributed by atoms with Crippen LogP contribution in [0.4, 0.5) is 0 Å². The van der Waals surface area contributed by atoms with Gasteiger partial charge < -0.3 is 5.32 Å². The quantitative estimate of drug-likeness (QED) is 0.725. The number of aryl methyl sites for hydroxylation is 1. The van der Waals surface area contributed by atoms with E-state index in [9.17, 15) is 8.42 Å². The van der Waals surface area contributed by atoms with Gasteiger partial charge in [-0.05, 0) is 68.3 Å². The van der Waals surface area contributed by atoms with Gasteiger partial charge in [-0.15, -0.1) is 0 Å². The molecule has 118 valence electrons. The minimum atomic E-state index is -3.40. The summed E-state index contributed by atoms with van der Waals surface area (Å²) in [5.41, 5.74) is 2.90. The molecule has 1 fully saturated rings. The molecular weight excluding hydrogens is 284 g/mol. The zero-order valence-electron chi connectivity index (χ0n) is 13.2. The summed E-state index contributed by atoms with van der Waals surface area (Å²) in [6.07, 6.45) is 3.35. The van der Waals surface area contributed by atoms with Gasteiger partial charge in [-0.25, -0.2) is 13.1 Å². The number of benzene rings is 1. The highest BCUT2D eigenvalue weighted by Crippen LogP contribution is 2.28. The molecule has 1 aromatic rings. The number of rotatable bonds is 8. The molecule has 5 heteroatoms. The van der Waals surface area contributed by atoms with Crippen molar-refractivity contribution in [3.63, 3.8) is 0 Å². The summed E-state index contributed by atoms with van der Waals surface area (Å²) in [5, 5.41) is 3.32. The van der Waals surface area contributed by atoms with Crippen LogP contribution in [0.25, 0.3) is 0 Å². The number of sulfonamides is 1. The summed E-state index contributed by atoms with van der Waals surface area (Å²) in [4.78, 5) is 0.427. The van der Waals surface area contributed by atoms with E-state index < -0.39 is 10.0 Å². The lowest BCUT2D eigenvalue weighted by Gasteiger charge is -2.14. The van der Waals surface area contributed by atoms with Gasteiger partial charge in [0, 0.05) is 13.1 Å². The van der Waals surface area contributed by atoms with Crippen LogP contribution in [-0.4, -0.2) is 21.5 Å². The maximum Gasteiger partial charge on any atom is 0.240 e. The molecule has 0 saturated heterocycles. The third-order valence-corrected chi connectivity index (χ3v) is 5.53. The largest absolute Gasteiger partial charge is 0.313 e. The van der Waals surface area contributed by atoms with E-state index in [2.05, 4.69) is 23.0 Å². The Morgan fingerprint density at radius 2 is 1.95 bits per heavy atom. The van der Waals surface area contributed by atoms with Crippen molar-refractivity contribution in [2.75, 3.05) is 13.1 Å². The van der Waals surface area contributed by atoms with Crippen molar-refractivity contribution < 1.29 is 8.42 Å². The second-order valence-electron chi connectivity index (χ2n) is 6.01. The first-order chi connectivity index (χ1) is 9.94. The summed E-state index contributed by atoms with van der Waals surface area (Å²) in [6.45, 7) is 8.18. The molecule has 1 aliphatic carbocycles. The molecular formula is C16H26N2O2S. The molecule has 0 aliphatic heterocycles. The van der Waals surface area contributed by atoms with Crippen LogP contribution < -0.4 is 10.0 Å². The molecule has 4 nitrogen and oxygen atoms in total. The first-order valence-corrected chi connectivity index (χ1v) is 9.23. The molecule has 0 bridgehead atoms. The van der Waals surface area contributed by atoms with Gasteiger partial charge in [-0.1, -0.05) is 13.0 Å². The van der Waals surface area contributed by atoms with E-state index in [0.717, 1.165) is 42.5 Å². The topological polar surface area (TPSA) is 58.2 Å². The Bertz CT molecular complexity index is 593. The average molecular weight is 310 g/mol. The van der Waals surface area contributed by atoms with E-state index in [0.29, 0.717) is 23.9 Å².